The number of carbonyl (C=O) groups is 1. The molecule has 0 radical (unpaired) electrons. The number of carbonyl (C=O) groups excluding carboxylic acids is 1. The largest absolute Gasteiger partial charge is 0.490 e. The van der Waals surface area contributed by atoms with Crippen LogP contribution in [0.4, 0.5) is 0 Å². The van der Waals surface area contributed by atoms with Crippen LogP contribution in [-0.2, 0) is 13.1 Å². The molecule has 0 spiro atoms. The summed E-state index contributed by atoms with van der Waals surface area (Å²) in [4.78, 5) is 19.3. The van der Waals surface area contributed by atoms with E-state index in [-0.39, 0.29) is 12.0 Å². The average molecular weight is 408 g/mol. The van der Waals surface area contributed by atoms with E-state index in [9.17, 15) is 4.79 Å². The molecule has 29 heavy (non-hydrogen) atoms. The van der Waals surface area contributed by atoms with Crippen molar-refractivity contribution in [2.45, 2.75) is 32.0 Å². The van der Waals surface area contributed by atoms with Gasteiger partial charge in [0.2, 0.25) is 0 Å². The summed E-state index contributed by atoms with van der Waals surface area (Å²) < 4.78 is 6.17. The fourth-order valence-electron chi connectivity index (χ4n) is 3.49. The Morgan fingerprint density at radius 2 is 1.97 bits per heavy atom. The van der Waals surface area contributed by atoms with Gasteiger partial charge in [0.05, 0.1) is 6.54 Å². The molecule has 1 saturated heterocycles. The molecule has 2 heterocycles. The number of thiazole rings is 1. The van der Waals surface area contributed by atoms with Crippen LogP contribution in [-0.4, -0.2) is 35.0 Å². The first-order valence-electron chi connectivity index (χ1n) is 9.96. The molecule has 0 unspecified atom stereocenters. The highest BCUT2D eigenvalue weighted by atomic mass is 32.1. The Labute approximate surface area is 175 Å². The second kappa shape index (κ2) is 9.67. The van der Waals surface area contributed by atoms with Crippen LogP contribution >= 0.6 is 11.3 Å². The van der Waals surface area contributed by atoms with Gasteiger partial charge in [0.25, 0.3) is 5.91 Å². The average Bonchev–Trinajstić information content (AvgIpc) is 3.27. The first-order valence-corrected chi connectivity index (χ1v) is 10.8. The quantitative estimate of drug-likeness (QED) is 0.640. The Morgan fingerprint density at radius 3 is 2.72 bits per heavy atom. The maximum atomic E-state index is 12.5. The summed E-state index contributed by atoms with van der Waals surface area (Å²) in [6.07, 6.45) is 4.01. The van der Waals surface area contributed by atoms with Crippen LogP contribution in [0.15, 0.2) is 66.2 Å². The third-order valence-corrected chi connectivity index (χ3v) is 5.84. The molecule has 150 valence electrons. The molecule has 4 rings (SSSR count). The molecule has 1 fully saturated rings. The van der Waals surface area contributed by atoms with Crippen LogP contribution in [0.25, 0.3) is 0 Å². The van der Waals surface area contributed by atoms with Gasteiger partial charge in [-0.25, -0.2) is 4.98 Å². The standard InChI is InChI=1S/C23H25N3O2S/c27-23(25-16-18-5-2-1-3-6-18)19-7-4-8-21(15-19)28-20-9-12-26(13-10-20)17-22-24-11-14-29-22/h1-8,11,14-15,20H,9-10,12-13,16-17H2,(H,25,27). The minimum absolute atomic E-state index is 0.0856. The van der Waals surface area contributed by atoms with Crippen LogP contribution in [0.2, 0.25) is 0 Å². The van der Waals surface area contributed by atoms with Crippen LogP contribution in [0.1, 0.15) is 33.8 Å². The Morgan fingerprint density at radius 1 is 1.14 bits per heavy atom. The highest BCUT2D eigenvalue weighted by Crippen LogP contribution is 2.21. The number of amides is 1. The lowest BCUT2D eigenvalue weighted by atomic mass is 10.1. The lowest BCUT2D eigenvalue weighted by Crippen LogP contribution is -2.37. The molecule has 1 amide bonds. The summed E-state index contributed by atoms with van der Waals surface area (Å²) >= 11 is 1.70. The predicted molar refractivity (Wildman–Crippen MR) is 115 cm³/mol. The van der Waals surface area contributed by atoms with Crippen molar-refractivity contribution in [2.24, 2.45) is 0 Å². The molecule has 0 bridgehead atoms. The van der Waals surface area contributed by atoms with Crippen LogP contribution in [0.5, 0.6) is 5.75 Å². The molecule has 1 N–H and O–H groups in total. The number of aromatic nitrogens is 1. The summed E-state index contributed by atoms with van der Waals surface area (Å²) in [7, 11) is 0. The fourth-order valence-corrected chi connectivity index (χ4v) is 4.15. The second-order valence-electron chi connectivity index (χ2n) is 7.22. The van der Waals surface area contributed by atoms with Gasteiger partial charge in [-0.3, -0.25) is 9.69 Å². The molecule has 1 aliphatic rings. The van der Waals surface area contributed by atoms with E-state index < -0.39 is 0 Å². The number of ether oxygens (including phenoxy) is 1. The third kappa shape index (κ3) is 5.65. The molecular weight excluding hydrogens is 382 g/mol. The predicted octanol–water partition coefficient (Wildman–Crippen LogP) is 4.12. The van der Waals surface area contributed by atoms with Gasteiger partial charge in [0.1, 0.15) is 16.9 Å². The van der Waals surface area contributed by atoms with E-state index in [1.54, 1.807) is 11.3 Å². The van der Waals surface area contributed by atoms with Gasteiger partial charge in [-0.2, -0.15) is 0 Å². The Balaban J connectivity index is 1.27. The van der Waals surface area contributed by atoms with Gasteiger partial charge >= 0.3 is 0 Å². The molecule has 1 aromatic heterocycles. The first-order chi connectivity index (χ1) is 14.3. The van der Waals surface area contributed by atoms with Crippen LogP contribution < -0.4 is 10.1 Å². The topological polar surface area (TPSA) is 54.5 Å². The molecule has 6 heteroatoms. The van der Waals surface area contributed by atoms with Crippen molar-refractivity contribution in [3.8, 4) is 5.75 Å². The minimum Gasteiger partial charge on any atom is -0.490 e. The van der Waals surface area contributed by atoms with E-state index >= 15 is 0 Å². The third-order valence-electron chi connectivity index (χ3n) is 5.07. The fraction of sp³-hybridized carbons (Fsp3) is 0.304. The maximum Gasteiger partial charge on any atom is 0.251 e. The normalized spacial score (nSPS) is 15.2. The lowest BCUT2D eigenvalue weighted by molar-refractivity contribution is 0.0934. The van der Waals surface area contributed by atoms with Crippen LogP contribution in [0, 0.1) is 0 Å². The zero-order valence-corrected chi connectivity index (χ0v) is 17.1. The number of nitrogens with zero attached hydrogens (tertiary/aromatic N) is 2. The molecule has 5 nitrogen and oxygen atoms in total. The highest BCUT2D eigenvalue weighted by Gasteiger charge is 2.21. The van der Waals surface area contributed by atoms with E-state index in [1.807, 2.05) is 66.2 Å². The molecule has 0 saturated carbocycles. The van der Waals surface area contributed by atoms with Crippen molar-refractivity contribution in [3.63, 3.8) is 0 Å². The van der Waals surface area contributed by atoms with Crippen molar-refractivity contribution in [1.29, 1.82) is 0 Å². The number of rotatable bonds is 7. The number of benzene rings is 2. The summed E-state index contributed by atoms with van der Waals surface area (Å²) in [5, 5.41) is 6.15. The molecule has 3 aromatic rings. The van der Waals surface area contributed by atoms with Crippen LogP contribution in [0.3, 0.4) is 0 Å². The zero-order chi connectivity index (χ0) is 19.9. The second-order valence-corrected chi connectivity index (χ2v) is 8.19. The van der Waals surface area contributed by atoms with E-state index in [4.69, 9.17) is 4.74 Å². The van der Waals surface area contributed by atoms with E-state index in [0.717, 1.165) is 43.8 Å². The van der Waals surface area contributed by atoms with Crippen molar-refractivity contribution in [2.75, 3.05) is 13.1 Å². The van der Waals surface area contributed by atoms with E-state index in [2.05, 4.69) is 15.2 Å². The monoisotopic (exact) mass is 407 g/mol. The smallest absolute Gasteiger partial charge is 0.251 e. The van der Waals surface area contributed by atoms with E-state index in [0.29, 0.717) is 12.1 Å². The summed E-state index contributed by atoms with van der Waals surface area (Å²) in [5.74, 6) is 0.674. The first kappa shape index (κ1) is 19.6. The van der Waals surface area contributed by atoms with Crippen molar-refractivity contribution >= 4 is 17.2 Å². The Bertz CT molecular complexity index is 907. The zero-order valence-electron chi connectivity index (χ0n) is 16.3. The maximum absolute atomic E-state index is 12.5. The van der Waals surface area contributed by atoms with Gasteiger partial charge in [-0.1, -0.05) is 36.4 Å². The molecule has 1 aliphatic heterocycles. The van der Waals surface area contributed by atoms with E-state index in [1.165, 1.54) is 5.01 Å². The molecule has 0 atom stereocenters. The van der Waals surface area contributed by atoms with Gasteiger partial charge in [-0.05, 0) is 36.6 Å². The summed E-state index contributed by atoms with van der Waals surface area (Å²) in [6, 6.07) is 17.4. The number of hydrogen-bond donors (Lipinski definition) is 1. The molecule has 0 aliphatic carbocycles. The Hall–Kier alpha value is -2.70. The number of piperidine rings is 1. The van der Waals surface area contributed by atoms with Crippen molar-refractivity contribution in [1.82, 2.24) is 15.2 Å². The van der Waals surface area contributed by atoms with Crippen molar-refractivity contribution < 1.29 is 9.53 Å². The summed E-state index contributed by atoms with van der Waals surface area (Å²) in [6.45, 7) is 3.44. The molecule has 2 aromatic carbocycles. The van der Waals surface area contributed by atoms with Gasteiger partial charge in [-0.15, -0.1) is 11.3 Å². The Kier molecular flexibility index (Phi) is 6.54. The number of likely N-dealkylation sites (tertiary alicyclic amines) is 1. The number of nitrogens with one attached hydrogen (secondary N) is 1. The lowest BCUT2D eigenvalue weighted by Gasteiger charge is -2.31. The van der Waals surface area contributed by atoms with Gasteiger partial charge < -0.3 is 10.1 Å². The highest BCUT2D eigenvalue weighted by molar-refractivity contribution is 7.09. The van der Waals surface area contributed by atoms with Gasteiger partial charge in [0.15, 0.2) is 0 Å². The SMILES string of the molecule is O=C(NCc1ccccc1)c1cccc(OC2CCN(Cc3nccs3)CC2)c1. The molecular formula is C23H25N3O2S. The number of hydrogen-bond acceptors (Lipinski definition) is 5. The minimum atomic E-state index is -0.0856. The van der Waals surface area contributed by atoms with Gasteiger partial charge in [0, 0.05) is 36.8 Å². The summed E-state index contributed by atoms with van der Waals surface area (Å²) in [5.41, 5.74) is 1.71. The van der Waals surface area contributed by atoms with Crippen molar-refractivity contribution in [3.05, 3.63) is 82.3 Å².